The SMILES string of the molecule is COc1cccc2cn(-c3ccc4c(ccn4C)c3)c(O)c12. The Kier molecular flexibility index (Phi) is 2.66. The number of methoxy groups -OCH3 is 1. The third kappa shape index (κ3) is 1.70. The molecule has 110 valence electrons. The first-order valence-corrected chi connectivity index (χ1v) is 7.11. The van der Waals surface area contributed by atoms with Crippen molar-refractivity contribution in [3.63, 3.8) is 0 Å². The molecule has 0 aliphatic carbocycles. The van der Waals surface area contributed by atoms with Gasteiger partial charge in [-0.2, -0.15) is 0 Å². The van der Waals surface area contributed by atoms with Gasteiger partial charge in [0.2, 0.25) is 5.88 Å². The van der Waals surface area contributed by atoms with Crippen molar-refractivity contribution in [3.8, 4) is 17.3 Å². The van der Waals surface area contributed by atoms with Crippen molar-refractivity contribution in [3.05, 3.63) is 54.9 Å². The fourth-order valence-corrected chi connectivity index (χ4v) is 3.00. The van der Waals surface area contributed by atoms with Crippen LogP contribution in [0.4, 0.5) is 0 Å². The highest BCUT2D eigenvalue weighted by Gasteiger charge is 2.14. The first-order valence-electron chi connectivity index (χ1n) is 7.11. The van der Waals surface area contributed by atoms with E-state index in [1.807, 2.05) is 43.7 Å². The van der Waals surface area contributed by atoms with Gasteiger partial charge in [0.15, 0.2) is 0 Å². The second-order valence-electron chi connectivity index (χ2n) is 5.42. The van der Waals surface area contributed by atoms with Crippen molar-refractivity contribution >= 4 is 21.7 Å². The van der Waals surface area contributed by atoms with Gasteiger partial charge in [-0.3, -0.25) is 4.57 Å². The van der Waals surface area contributed by atoms with E-state index in [-0.39, 0.29) is 5.88 Å². The van der Waals surface area contributed by atoms with Crippen LogP contribution in [0.1, 0.15) is 0 Å². The summed E-state index contributed by atoms with van der Waals surface area (Å²) in [4.78, 5) is 0. The zero-order valence-corrected chi connectivity index (χ0v) is 12.4. The van der Waals surface area contributed by atoms with Gasteiger partial charge in [0.1, 0.15) is 5.75 Å². The lowest BCUT2D eigenvalue weighted by molar-refractivity contribution is 0.413. The zero-order chi connectivity index (χ0) is 15.3. The van der Waals surface area contributed by atoms with Crippen molar-refractivity contribution in [2.24, 2.45) is 7.05 Å². The van der Waals surface area contributed by atoms with Gasteiger partial charge in [-0.25, -0.2) is 0 Å². The van der Waals surface area contributed by atoms with Crippen LogP contribution in [0.5, 0.6) is 11.6 Å². The molecule has 4 aromatic rings. The number of fused-ring (bicyclic) bond motifs is 2. The Labute approximate surface area is 127 Å². The van der Waals surface area contributed by atoms with Crippen LogP contribution in [0, 0.1) is 0 Å². The van der Waals surface area contributed by atoms with E-state index < -0.39 is 0 Å². The highest BCUT2D eigenvalue weighted by Crippen LogP contribution is 2.37. The third-order valence-electron chi connectivity index (χ3n) is 4.15. The summed E-state index contributed by atoms with van der Waals surface area (Å²) < 4.78 is 9.22. The maximum atomic E-state index is 10.6. The minimum Gasteiger partial charge on any atom is -0.496 e. The number of aromatic hydroxyl groups is 1. The Bertz CT molecular complexity index is 995. The molecule has 2 aromatic carbocycles. The molecule has 0 spiro atoms. The molecule has 1 N–H and O–H groups in total. The molecule has 0 unspecified atom stereocenters. The Morgan fingerprint density at radius 3 is 2.73 bits per heavy atom. The van der Waals surface area contributed by atoms with Gasteiger partial charge < -0.3 is 14.4 Å². The van der Waals surface area contributed by atoms with Crippen LogP contribution in [0.15, 0.2) is 54.9 Å². The highest BCUT2D eigenvalue weighted by molar-refractivity contribution is 5.94. The van der Waals surface area contributed by atoms with E-state index in [1.54, 1.807) is 11.7 Å². The molecule has 4 nitrogen and oxygen atoms in total. The first kappa shape index (κ1) is 12.8. The molecular formula is C18H16N2O2. The maximum Gasteiger partial charge on any atom is 0.207 e. The lowest BCUT2D eigenvalue weighted by Crippen LogP contribution is -1.91. The monoisotopic (exact) mass is 292 g/mol. The van der Waals surface area contributed by atoms with Gasteiger partial charge in [-0.15, -0.1) is 0 Å². The van der Waals surface area contributed by atoms with Crippen LogP contribution in [-0.4, -0.2) is 21.4 Å². The molecule has 4 rings (SSSR count). The summed E-state index contributed by atoms with van der Waals surface area (Å²) in [6.07, 6.45) is 3.96. The van der Waals surface area contributed by atoms with Crippen molar-refractivity contribution in [2.45, 2.75) is 0 Å². The average Bonchev–Trinajstić information content (AvgIpc) is 3.08. The summed E-state index contributed by atoms with van der Waals surface area (Å²) in [7, 11) is 3.63. The second-order valence-corrected chi connectivity index (χ2v) is 5.42. The molecule has 0 saturated heterocycles. The molecular weight excluding hydrogens is 276 g/mol. The standard InChI is InChI=1S/C18H16N2O2/c1-19-9-8-12-10-14(6-7-15(12)19)20-11-13-4-3-5-16(22-2)17(13)18(20)21/h3-11,21H,1-2H3. The molecule has 0 bridgehead atoms. The van der Waals surface area contributed by atoms with Crippen LogP contribution in [0.2, 0.25) is 0 Å². The predicted octanol–water partition coefficient (Wildman–Crippen LogP) is 3.84. The Morgan fingerprint density at radius 1 is 1.05 bits per heavy atom. The minimum absolute atomic E-state index is 0.197. The van der Waals surface area contributed by atoms with Gasteiger partial charge in [0.05, 0.1) is 12.5 Å². The van der Waals surface area contributed by atoms with Crippen LogP contribution in [-0.2, 0) is 7.05 Å². The number of aromatic nitrogens is 2. The van der Waals surface area contributed by atoms with E-state index in [2.05, 4.69) is 22.8 Å². The summed E-state index contributed by atoms with van der Waals surface area (Å²) in [5.74, 6) is 0.872. The van der Waals surface area contributed by atoms with Gasteiger partial charge in [-0.1, -0.05) is 12.1 Å². The van der Waals surface area contributed by atoms with Crippen molar-refractivity contribution < 1.29 is 9.84 Å². The van der Waals surface area contributed by atoms with Crippen molar-refractivity contribution in [1.82, 2.24) is 9.13 Å². The largest absolute Gasteiger partial charge is 0.496 e. The van der Waals surface area contributed by atoms with Gasteiger partial charge in [-0.05, 0) is 30.3 Å². The summed E-state index contributed by atoms with van der Waals surface area (Å²) in [5, 5.41) is 13.4. The number of rotatable bonds is 2. The zero-order valence-electron chi connectivity index (χ0n) is 12.4. The van der Waals surface area contributed by atoms with Gasteiger partial charge in [0.25, 0.3) is 0 Å². The quantitative estimate of drug-likeness (QED) is 0.610. The van der Waals surface area contributed by atoms with E-state index in [0.717, 1.165) is 27.4 Å². The molecule has 0 amide bonds. The fourth-order valence-electron chi connectivity index (χ4n) is 3.00. The van der Waals surface area contributed by atoms with Crippen molar-refractivity contribution in [1.29, 1.82) is 0 Å². The van der Waals surface area contributed by atoms with E-state index >= 15 is 0 Å². The Hall–Kier alpha value is -2.88. The van der Waals surface area contributed by atoms with Crippen LogP contribution >= 0.6 is 0 Å². The predicted molar refractivity (Wildman–Crippen MR) is 88.0 cm³/mol. The minimum atomic E-state index is 0.197. The average molecular weight is 292 g/mol. The Balaban J connectivity index is 1.97. The van der Waals surface area contributed by atoms with E-state index in [9.17, 15) is 5.11 Å². The molecule has 4 heteroatoms. The molecule has 0 atom stereocenters. The van der Waals surface area contributed by atoms with E-state index in [4.69, 9.17) is 4.74 Å². The molecule has 0 saturated carbocycles. The van der Waals surface area contributed by atoms with Crippen LogP contribution in [0.3, 0.4) is 0 Å². The first-order chi connectivity index (χ1) is 10.7. The molecule has 0 aliphatic heterocycles. The smallest absolute Gasteiger partial charge is 0.207 e. The topological polar surface area (TPSA) is 39.3 Å². The third-order valence-corrected chi connectivity index (χ3v) is 4.15. The maximum absolute atomic E-state index is 10.6. The van der Waals surface area contributed by atoms with E-state index in [1.165, 1.54) is 0 Å². The summed E-state index contributed by atoms with van der Waals surface area (Å²) in [5.41, 5.74) is 2.09. The molecule has 0 fully saturated rings. The van der Waals surface area contributed by atoms with Gasteiger partial charge >= 0.3 is 0 Å². The van der Waals surface area contributed by atoms with Crippen LogP contribution in [0.25, 0.3) is 27.4 Å². The molecule has 0 aliphatic rings. The summed E-state index contributed by atoms with van der Waals surface area (Å²) in [6.45, 7) is 0. The summed E-state index contributed by atoms with van der Waals surface area (Å²) >= 11 is 0. The molecule has 22 heavy (non-hydrogen) atoms. The lowest BCUT2D eigenvalue weighted by Gasteiger charge is -2.06. The number of aryl methyl sites for hydroxylation is 1. The molecule has 2 heterocycles. The number of ether oxygens (including phenoxy) is 1. The molecule has 0 radical (unpaired) electrons. The number of nitrogens with zero attached hydrogens (tertiary/aromatic N) is 2. The number of benzene rings is 2. The number of hydrogen-bond donors (Lipinski definition) is 1. The van der Waals surface area contributed by atoms with E-state index in [0.29, 0.717) is 5.75 Å². The number of hydrogen-bond acceptors (Lipinski definition) is 2. The molecule has 2 aromatic heterocycles. The van der Waals surface area contributed by atoms with Gasteiger partial charge in [0, 0.05) is 41.4 Å². The fraction of sp³-hybridized carbons (Fsp3) is 0.111. The summed E-state index contributed by atoms with van der Waals surface area (Å²) in [6, 6.07) is 14.0. The Morgan fingerprint density at radius 2 is 1.91 bits per heavy atom. The van der Waals surface area contributed by atoms with Crippen LogP contribution < -0.4 is 4.74 Å². The second kappa shape index (κ2) is 4.56. The highest BCUT2D eigenvalue weighted by atomic mass is 16.5. The normalized spacial score (nSPS) is 11.4. The van der Waals surface area contributed by atoms with Crippen molar-refractivity contribution in [2.75, 3.05) is 7.11 Å². The lowest BCUT2D eigenvalue weighted by atomic mass is 10.2.